The van der Waals surface area contributed by atoms with Crippen molar-refractivity contribution in [2.45, 2.75) is 19.6 Å². The molecule has 1 unspecified atom stereocenters. The van der Waals surface area contributed by atoms with E-state index >= 15 is 0 Å². The van der Waals surface area contributed by atoms with E-state index in [4.69, 9.17) is 25.8 Å². The zero-order valence-corrected chi connectivity index (χ0v) is 21.0. The quantitative estimate of drug-likeness (QED) is 0.346. The van der Waals surface area contributed by atoms with Crippen LogP contribution in [-0.2, 0) is 16.1 Å². The molecule has 0 spiro atoms. The molecule has 1 atom stereocenters. The third kappa shape index (κ3) is 5.41. The van der Waals surface area contributed by atoms with Crippen molar-refractivity contribution in [1.82, 2.24) is 4.90 Å². The molecule has 3 amide bonds. The van der Waals surface area contributed by atoms with E-state index in [1.54, 1.807) is 43.5 Å². The average molecular weight is 523 g/mol. The monoisotopic (exact) mass is 522 g/mol. The van der Waals surface area contributed by atoms with Gasteiger partial charge in [0.2, 0.25) is 0 Å². The molecule has 9 nitrogen and oxygen atoms in total. The Labute approximate surface area is 217 Å². The Kier molecular flexibility index (Phi) is 7.45. The molecule has 0 bridgehead atoms. The van der Waals surface area contributed by atoms with Crippen molar-refractivity contribution in [1.29, 1.82) is 0 Å². The lowest BCUT2D eigenvalue weighted by molar-refractivity contribution is -0.123. The van der Waals surface area contributed by atoms with Crippen LogP contribution >= 0.6 is 11.6 Å². The summed E-state index contributed by atoms with van der Waals surface area (Å²) in [4.78, 5) is 52.1. The van der Waals surface area contributed by atoms with Crippen LogP contribution in [0.2, 0.25) is 5.02 Å². The molecule has 1 N–H and O–H groups in total. The SMILES string of the molecule is COc1ccc(CN2C(=O)c3ccc(C(=O)OC(C)C(=O)Nc4ccc(OC)c(Cl)c4)cc3C2=O)cc1. The van der Waals surface area contributed by atoms with E-state index in [0.717, 1.165) is 10.5 Å². The van der Waals surface area contributed by atoms with Crippen LogP contribution in [0.4, 0.5) is 5.69 Å². The molecular weight excluding hydrogens is 500 g/mol. The number of ether oxygens (including phenoxy) is 3. The van der Waals surface area contributed by atoms with E-state index in [9.17, 15) is 19.2 Å². The zero-order chi connectivity index (χ0) is 26.7. The first-order valence-electron chi connectivity index (χ1n) is 11.2. The summed E-state index contributed by atoms with van der Waals surface area (Å²) in [5.74, 6) is -1.26. The maximum atomic E-state index is 13.0. The summed E-state index contributed by atoms with van der Waals surface area (Å²) >= 11 is 6.07. The maximum absolute atomic E-state index is 13.0. The minimum absolute atomic E-state index is 0.0401. The molecule has 0 fully saturated rings. The third-order valence-corrected chi connectivity index (χ3v) is 6.07. The number of anilines is 1. The van der Waals surface area contributed by atoms with E-state index in [1.807, 2.05) is 0 Å². The van der Waals surface area contributed by atoms with Gasteiger partial charge >= 0.3 is 5.97 Å². The van der Waals surface area contributed by atoms with Gasteiger partial charge < -0.3 is 19.5 Å². The Balaban J connectivity index is 1.42. The number of hydrogen-bond acceptors (Lipinski definition) is 7. The second-order valence-corrected chi connectivity index (χ2v) is 8.60. The molecule has 1 heterocycles. The number of halogens is 1. The highest BCUT2D eigenvalue weighted by Crippen LogP contribution is 2.28. The van der Waals surface area contributed by atoms with Crippen LogP contribution in [0.15, 0.2) is 60.7 Å². The molecule has 1 aliphatic rings. The minimum Gasteiger partial charge on any atom is -0.497 e. The number of esters is 1. The van der Waals surface area contributed by atoms with Crippen LogP contribution < -0.4 is 14.8 Å². The number of fused-ring (bicyclic) bond motifs is 1. The number of imide groups is 1. The number of rotatable bonds is 8. The fourth-order valence-electron chi connectivity index (χ4n) is 3.74. The molecular formula is C27H23ClN2O7. The molecule has 0 saturated carbocycles. The van der Waals surface area contributed by atoms with Crippen molar-refractivity contribution in [3.63, 3.8) is 0 Å². The van der Waals surface area contributed by atoms with Crippen molar-refractivity contribution in [2.75, 3.05) is 19.5 Å². The van der Waals surface area contributed by atoms with Gasteiger partial charge in [-0.1, -0.05) is 23.7 Å². The summed E-state index contributed by atoms with van der Waals surface area (Å²) in [6, 6.07) is 15.8. The standard InChI is InChI=1S/C27H23ClN2O7/c1-15(24(31)29-18-7-11-23(36-3)22(28)13-18)37-27(34)17-6-10-20-21(12-17)26(33)30(25(20)32)14-16-4-8-19(35-2)9-5-16/h4-13,15H,14H2,1-3H3,(H,29,31). The Bertz CT molecular complexity index is 1390. The number of carbonyl (C=O) groups excluding carboxylic acids is 4. The molecule has 0 aliphatic carbocycles. The summed E-state index contributed by atoms with van der Waals surface area (Å²) in [7, 11) is 3.02. The smallest absolute Gasteiger partial charge is 0.338 e. The molecule has 0 radical (unpaired) electrons. The van der Waals surface area contributed by atoms with Gasteiger partial charge in [-0.3, -0.25) is 19.3 Å². The second kappa shape index (κ2) is 10.7. The fraction of sp³-hybridized carbons (Fsp3) is 0.185. The minimum atomic E-state index is -1.15. The van der Waals surface area contributed by atoms with Gasteiger partial charge in [0, 0.05) is 5.69 Å². The van der Waals surface area contributed by atoms with Gasteiger partial charge in [-0.15, -0.1) is 0 Å². The Morgan fingerprint density at radius 1 is 0.919 bits per heavy atom. The van der Waals surface area contributed by atoms with Gasteiger partial charge in [-0.05, 0) is 61.0 Å². The number of amides is 3. The van der Waals surface area contributed by atoms with Crippen molar-refractivity contribution in [2.24, 2.45) is 0 Å². The number of hydrogen-bond donors (Lipinski definition) is 1. The van der Waals surface area contributed by atoms with Crippen LogP contribution in [-0.4, -0.2) is 48.9 Å². The van der Waals surface area contributed by atoms with Gasteiger partial charge in [0.15, 0.2) is 6.10 Å². The van der Waals surface area contributed by atoms with Crippen LogP contribution in [0.25, 0.3) is 0 Å². The Morgan fingerprint density at radius 2 is 1.62 bits per heavy atom. The van der Waals surface area contributed by atoms with E-state index < -0.39 is 29.8 Å². The Morgan fingerprint density at radius 3 is 2.27 bits per heavy atom. The first-order valence-corrected chi connectivity index (χ1v) is 11.6. The van der Waals surface area contributed by atoms with Crippen LogP contribution in [0.1, 0.15) is 43.6 Å². The third-order valence-electron chi connectivity index (χ3n) is 5.78. The lowest BCUT2D eigenvalue weighted by atomic mass is 10.1. The highest BCUT2D eigenvalue weighted by atomic mass is 35.5. The van der Waals surface area contributed by atoms with Crippen molar-refractivity contribution >= 4 is 41.0 Å². The van der Waals surface area contributed by atoms with E-state index in [-0.39, 0.29) is 23.2 Å². The van der Waals surface area contributed by atoms with Gasteiger partial charge in [0.25, 0.3) is 17.7 Å². The maximum Gasteiger partial charge on any atom is 0.338 e. The molecule has 3 aromatic rings. The number of nitrogens with one attached hydrogen (secondary N) is 1. The molecule has 4 rings (SSSR count). The average Bonchev–Trinajstić information content (AvgIpc) is 3.13. The molecule has 37 heavy (non-hydrogen) atoms. The zero-order valence-electron chi connectivity index (χ0n) is 20.2. The van der Waals surface area contributed by atoms with Gasteiger partial charge in [-0.2, -0.15) is 0 Å². The first-order chi connectivity index (χ1) is 17.7. The molecule has 0 aromatic heterocycles. The van der Waals surface area contributed by atoms with E-state index in [1.165, 1.54) is 38.3 Å². The predicted molar refractivity (Wildman–Crippen MR) is 135 cm³/mol. The number of carbonyl (C=O) groups is 4. The molecule has 0 saturated heterocycles. The van der Waals surface area contributed by atoms with Gasteiger partial charge in [-0.25, -0.2) is 4.79 Å². The first kappa shape index (κ1) is 25.7. The molecule has 1 aliphatic heterocycles. The van der Waals surface area contributed by atoms with Crippen LogP contribution in [0, 0.1) is 0 Å². The summed E-state index contributed by atoms with van der Waals surface area (Å²) in [5.41, 5.74) is 1.47. The summed E-state index contributed by atoms with van der Waals surface area (Å²) < 4.78 is 15.5. The summed E-state index contributed by atoms with van der Waals surface area (Å²) in [6.07, 6.45) is -1.15. The molecule has 10 heteroatoms. The summed E-state index contributed by atoms with van der Waals surface area (Å²) in [6.45, 7) is 1.49. The molecule has 190 valence electrons. The number of methoxy groups -OCH3 is 2. The lowest BCUT2D eigenvalue weighted by Crippen LogP contribution is -2.30. The molecule has 3 aromatic carbocycles. The topological polar surface area (TPSA) is 111 Å². The highest BCUT2D eigenvalue weighted by molar-refractivity contribution is 6.32. The van der Waals surface area contributed by atoms with Crippen LogP contribution in [0.5, 0.6) is 11.5 Å². The van der Waals surface area contributed by atoms with Gasteiger partial charge in [0.1, 0.15) is 11.5 Å². The normalized spacial score (nSPS) is 13.1. The summed E-state index contributed by atoms with van der Waals surface area (Å²) in [5, 5.41) is 2.92. The Hall–Kier alpha value is -4.37. The number of nitrogens with zero attached hydrogens (tertiary/aromatic N) is 1. The highest BCUT2D eigenvalue weighted by Gasteiger charge is 2.36. The van der Waals surface area contributed by atoms with Crippen molar-refractivity contribution < 1.29 is 33.4 Å². The number of benzene rings is 3. The fourth-order valence-corrected chi connectivity index (χ4v) is 4.00. The predicted octanol–water partition coefficient (Wildman–Crippen LogP) is 4.34. The lowest BCUT2D eigenvalue weighted by Gasteiger charge is -2.14. The van der Waals surface area contributed by atoms with Crippen molar-refractivity contribution in [3.8, 4) is 11.5 Å². The second-order valence-electron chi connectivity index (χ2n) is 8.19. The van der Waals surface area contributed by atoms with E-state index in [0.29, 0.717) is 22.2 Å². The van der Waals surface area contributed by atoms with Crippen molar-refractivity contribution in [3.05, 3.63) is 87.9 Å². The van der Waals surface area contributed by atoms with Gasteiger partial charge in [0.05, 0.1) is 42.5 Å². The largest absolute Gasteiger partial charge is 0.497 e. The van der Waals surface area contributed by atoms with Crippen LogP contribution in [0.3, 0.4) is 0 Å². The van der Waals surface area contributed by atoms with E-state index in [2.05, 4.69) is 5.32 Å².